The van der Waals surface area contributed by atoms with Gasteiger partial charge in [-0.15, -0.1) is 0 Å². The molecule has 3 rings (SSSR count). The number of anilines is 1. The zero-order chi connectivity index (χ0) is 19.4. The van der Waals surface area contributed by atoms with Crippen LogP contribution in [0.25, 0.3) is 10.8 Å². The van der Waals surface area contributed by atoms with Crippen LogP contribution >= 0.6 is 0 Å². The minimum atomic E-state index is -0.273. The lowest BCUT2D eigenvalue weighted by atomic mass is 10.0. The van der Waals surface area contributed by atoms with Crippen molar-refractivity contribution >= 4 is 34.2 Å². The molecule has 3 N–H and O–H groups in total. The zero-order valence-electron chi connectivity index (χ0n) is 15.7. The van der Waals surface area contributed by atoms with Crippen molar-refractivity contribution in [2.45, 2.75) is 26.7 Å². The molecule has 2 aromatic rings. The Morgan fingerprint density at radius 1 is 1.00 bits per heavy atom. The average molecular weight is 367 g/mol. The molecule has 6 nitrogen and oxygen atoms in total. The summed E-state index contributed by atoms with van der Waals surface area (Å²) >= 11 is 0. The lowest BCUT2D eigenvalue weighted by Gasteiger charge is -2.14. The SMILES string of the molecule is CC(C)C(=O)NCCNC(=O)c1cc2ccccc2cc1NC(=O)C1CC1. The van der Waals surface area contributed by atoms with Gasteiger partial charge < -0.3 is 16.0 Å². The molecule has 0 bridgehead atoms. The van der Waals surface area contributed by atoms with Crippen molar-refractivity contribution < 1.29 is 14.4 Å². The fourth-order valence-corrected chi connectivity index (χ4v) is 2.77. The van der Waals surface area contributed by atoms with Crippen LogP contribution in [0.1, 0.15) is 37.0 Å². The van der Waals surface area contributed by atoms with Crippen molar-refractivity contribution in [2.75, 3.05) is 18.4 Å². The molecule has 1 fully saturated rings. The van der Waals surface area contributed by atoms with Crippen molar-refractivity contribution in [3.8, 4) is 0 Å². The number of carbonyl (C=O) groups excluding carboxylic acids is 3. The van der Waals surface area contributed by atoms with Crippen LogP contribution in [-0.2, 0) is 9.59 Å². The lowest BCUT2D eigenvalue weighted by Crippen LogP contribution is -2.36. The summed E-state index contributed by atoms with van der Waals surface area (Å²) in [6.45, 7) is 4.32. The highest BCUT2D eigenvalue weighted by atomic mass is 16.2. The Labute approximate surface area is 158 Å². The predicted octanol–water partition coefficient (Wildman–Crippen LogP) is 2.69. The van der Waals surface area contributed by atoms with E-state index in [1.807, 2.05) is 44.2 Å². The highest BCUT2D eigenvalue weighted by molar-refractivity contribution is 6.08. The molecule has 0 unspecified atom stereocenters. The number of rotatable bonds is 7. The molecule has 0 heterocycles. The summed E-state index contributed by atoms with van der Waals surface area (Å²) in [5, 5.41) is 10.4. The second-order valence-corrected chi connectivity index (χ2v) is 7.21. The van der Waals surface area contributed by atoms with Crippen molar-refractivity contribution in [2.24, 2.45) is 11.8 Å². The quantitative estimate of drug-likeness (QED) is 0.658. The maximum Gasteiger partial charge on any atom is 0.253 e. The van der Waals surface area contributed by atoms with Gasteiger partial charge in [0.15, 0.2) is 0 Å². The van der Waals surface area contributed by atoms with Gasteiger partial charge >= 0.3 is 0 Å². The van der Waals surface area contributed by atoms with Crippen LogP contribution in [0.15, 0.2) is 36.4 Å². The summed E-state index contributed by atoms with van der Waals surface area (Å²) in [7, 11) is 0. The molecule has 6 heteroatoms. The van der Waals surface area contributed by atoms with Crippen molar-refractivity contribution in [3.63, 3.8) is 0 Å². The third-order valence-electron chi connectivity index (χ3n) is 4.57. The van der Waals surface area contributed by atoms with Crippen molar-refractivity contribution in [1.82, 2.24) is 10.6 Å². The number of benzene rings is 2. The normalized spacial score (nSPS) is 13.4. The van der Waals surface area contributed by atoms with Crippen LogP contribution in [-0.4, -0.2) is 30.8 Å². The summed E-state index contributed by atoms with van der Waals surface area (Å²) in [6.07, 6.45) is 1.80. The summed E-state index contributed by atoms with van der Waals surface area (Å²) in [5.74, 6) is -0.398. The van der Waals surface area contributed by atoms with Gasteiger partial charge in [0, 0.05) is 24.9 Å². The summed E-state index contributed by atoms with van der Waals surface area (Å²) in [6, 6.07) is 11.3. The van der Waals surface area contributed by atoms with Crippen LogP contribution < -0.4 is 16.0 Å². The van der Waals surface area contributed by atoms with E-state index >= 15 is 0 Å². The number of hydrogen-bond donors (Lipinski definition) is 3. The molecule has 0 atom stereocenters. The van der Waals surface area contributed by atoms with Crippen molar-refractivity contribution in [3.05, 3.63) is 42.0 Å². The van der Waals surface area contributed by atoms with E-state index in [4.69, 9.17) is 0 Å². The van der Waals surface area contributed by atoms with Crippen LogP contribution in [0, 0.1) is 11.8 Å². The van der Waals surface area contributed by atoms with Gasteiger partial charge in [-0.3, -0.25) is 14.4 Å². The minimum Gasteiger partial charge on any atom is -0.354 e. The Kier molecular flexibility index (Phi) is 5.74. The molecular weight excluding hydrogens is 342 g/mol. The topological polar surface area (TPSA) is 87.3 Å². The average Bonchev–Trinajstić information content (AvgIpc) is 3.49. The van der Waals surface area contributed by atoms with Crippen LogP contribution in [0.5, 0.6) is 0 Å². The summed E-state index contributed by atoms with van der Waals surface area (Å²) in [5.41, 5.74) is 0.951. The van der Waals surface area contributed by atoms with Gasteiger partial charge in [-0.25, -0.2) is 0 Å². The number of nitrogens with one attached hydrogen (secondary N) is 3. The fraction of sp³-hybridized carbons (Fsp3) is 0.381. The Morgan fingerprint density at radius 2 is 1.63 bits per heavy atom. The van der Waals surface area contributed by atoms with Gasteiger partial charge in [0.1, 0.15) is 0 Å². The Bertz CT molecular complexity index is 872. The van der Waals surface area contributed by atoms with E-state index in [2.05, 4.69) is 16.0 Å². The smallest absolute Gasteiger partial charge is 0.253 e. The van der Waals surface area contributed by atoms with Gasteiger partial charge in [-0.1, -0.05) is 38.1 Å². The molecule has 1 aliphatic rings. The summed E-state index contributed by atoms with van der Waals surface area (Å²) in [4.78, 5) is 36.5. The first kappa shape index (κ1) is 18.9. The Hall–Kier alpha value is -2.89. The van der Waals surface area contributed by atoms with Gasteiger partial charge in [0.2, 0.25) is 11.8 Å². The molecule has 0 saturated heterocycles. The molecule has 0 aromatic heterocycles. The second kappa shape index (κ2) is 8.20. The van der Waals surface area contributed by atoms with E-state index < -0.39 is 0 Å². The third kappa shape index (κ3) is 4.84. The molecule has 27 heavy (non-hydrogen) atoms. The number of carbonyl (C=O) groups is 3. The Morgan fingerprint density at radius 3 is 2.26 bits per heavy atom. The standard InChI is InChI=1S/C21H25N3O3/c1-13(2)19(25)22-9-10-23-21(27)17-11-15-5-3-4-6-16(15)12-18(17)24-20(26)14-7-8-14/h3-6,11-14H,7-10H2,1-2H3,(H,22,25)(H,23,27)(H,24,26). The highest BCUT2D eigenvalue weighted by Gasteiger charge is 2.30. The lowest BCUT2D eigenvalue weighted by molar-refractivity contribution is -0.124. The van der Waals surface area contributed by atoms with E-state index in [9.17, 15) is 14.4 Å². The molecule has 142 valence electrons. The van der Waals surface area contributed by atoms with E-state index in [-0.39, 0.29) is 29.6 Å². The minimum absolute atomic E-state index is 0.0384. The number of fused-ring (bicyclic) bond motifs is 1. The molecular formula is C21H25N3O3. The third-order valence-corrected chi connectivity index (χ3v) is 4.57. The van der Waals surface area contributed by atoms with E-state index in [0.29, 0.717) is 24.3 Å². The van der Waals surface area contributed by atoms with Gasteiger partial charge in [-0.2, -0.15) is 0 Å². The monoisotopic (exact) mass is 367 g/mol. The molecule has 3 amide bonds. The zero-order valence-corrected chi connectivity index (χ0v) is 15.7. The van der Waals surface area contributed by atoms with E-state index in [1.165, 1.54) is 0 Å². The fourth-order valence-electron chi connectivity index (χ4n) is 2.77. The largest absolute Gasteiger partial charge is 0.354 e. The molecule has 1 aliphatic carbocycles. The number of amides is 3. The molecule has 0 radical (unpaired) electrons. The van der Waals surface area contributed by atoms with E-state index in [0.717, 1.165) is 23.6 Å². The van der Waals surface area contributed by atoms with Gasteiger partial charge in [0.25, 0.3) is 5.91 Å². The van der Waals surface area contributed by atoms with E-state index in [1.54, 1.807) is 6.07 Å². The molecule has 0 spiro atoms. The Balaban J connectivity index is 1.73. The van der Waals surface area contributed by atoms with Gasteiger partial charge in [0.05, 0.1) is 11.3 Å². The van der Waals surface area contributed by atoms with Crippen LogP contribution in [0.3, 0.4) is 0 Å². The number of hydrogen-bond acceptors (Lipinski definition) is 3. The molecule has 0 aliphatic heterocycles. The van der Waals surface area contributed by atoms with Gasteiger partial charge in [-0.05, 0) is 35.7 Å². The van der Waals surface area contributed by atoms with Crippen LogP contribution in [0.2, 0.25) is 0 Å². The maximum absolute atomic E-state index is 12.7. The highest BCUT2D eigenvalue weighted by Crippen LogP contribution is 2.31. The van der Waals surface area contributed by atoms with Crippen LogP contribution in [0.4, 0.5) is 5.69 Å². The van der Waals surface area contributed by atoms with Crippen molar-refractivity contribution in [1.29, 1.82) is 0 Å². The second-order valence-electron chi connectivity index (χ2n) is 7.21. The first-order valence-electron chi connectivity index (χ1n) is 9.35. The first-order chi connectivity index (χ1) is 13.0. The summed E-state index contributed by atoms with van der Waals surface area (Å²) < 4.78 is 0. The molecule has 2 aromatic carbocycles. The molecule has 1 saturated carbocycles. The maximum atomic E-state index is 12.7. The first-order valence-corrected chi connectivity index (χ1v) is 9.35. The predicted molar refractivity (Wildman–Crippen MR) is 105 cm³/mol.